The highest BCUT2D eigenvalue weighted by atomic mass is 32.2. The second-order valence-electron chi connectivity index (χ2n) is 6.44. The average Bonchev–Trinajstić information content (AvgIpc) is 2.61. The molecule has 0 amide bonds. The summed E-state index contributed by atoms with van der Waals surface area (Å²) >= 11 is 0. The van der Waals surface area contributed by atoms with Crippen LogP contribution in [0.15, 0.2) is 59.4 Å². The molecule has 26 heavy (non-hydrogen) atoms. The third kappa shape index (κ3) is 4.80. The number of fused-ring (bicyclic) bond motifs is 1. The summed E-state index contributed by atoms with van der Waals surface area (Å²) in [7, 11) is -3.43. The largest absolute Gasteiger partial charge is 0.322 e. The van der Waals surface area contributed by atoms with Crippen LogP contribution in [0.1, 0.15) is 23.1 Å². The first-order chi connectivity index (χ1) is 12.4. The molecule has 0 radical (unpaired) electrons. The third-order valence-corrected chi connectivity index (χ3v) is 5.69. The SMILES string of the molecule is Cc1ccc2cc(CNS(=O)(=O)CCCc3ccccc3)c(=O)[nH]c2c1. The third-order valence-electron chi connectivity index (χ3n) is 4.28. The maximum atomic E-state index is 12.2. The monoisotopic (exact) mass is 370 g/mol. The molecule has 0 aliphatic rings. The van der Waals surface area contributed by atoms with Crippen LogP contribution in [0.3, 0.4) is 0 Å². The Morgan fingerprint density at radius 1 is 1.04 bits per heavy atom. The minimum Gasteiger partial charge on any atom is -0.322 e. The van der Waals surface area contributed by atoms with E-state index in [1.165, 1.54) is 0 Å². The molecule has 0 unspecified atom stereocenters. The molecule has 1 heterocycles. The van der Waals surface area contributed by atoms with Gasteiger partial charge in [0.15, 0.2) is 0 Å². The lowest BCUT2D eigenvalue weighted by Gasteiger charge is -2.08. The quantitative estimate of drug-likeness (QED) is 0.671. The fraction of sp³-hybridized carbons (Fsp3) is 0.250. The van der Waals surface area contributed by atoms with Gasteiger partial charge in [0.05, 0.1) is 5.75 Å². The zero-order valence-corrected chi connectivity index (χ0v) is 15.5. The number of aromatic amines is 1. The van der Waals surface area contributed by atoms with Gasteiger partial charge in [0.2, 0.25) is 10.0 Å². The predicted molar refractivity (Wildman–Crippen MR) is 105 cm³/mol. The average molecular weight is 370 g/mol. The van der Waals surface area contributed by atoms with Crippen LogP contribution in [0, 0.1) is 6.92 Å². The van der Waals surface area contributed by atoms with Gasteiger partial charge in [-0.05, 0) is 48.4 Å². The van der Waals surface area contributed by atoms with E-state index in [1.807, 2.05) is 55.5 Å². The van der Waals surface area contributed by atoms with Crippen molar-refractivity contribution in [3.8, 4) is 0 Å². The van der Waals surface area contributed by atoms with Crippen molar-refractivity contribution in [2.24, 2.45) is 0 Å². The van der Waals surface area contributed by atoms with E-state index < -0.39 is 10.0 Å². The Balaban J connectivity index is 1.62. The normalized spacial score (nSPS) is 11.7. The van der Waals surface area contributed by atoms with Crippen LogP contribution in [0.4, 0.5) is 0 Å². The highest BCUT2D eigenvalue weighted by molar-refractivity contribution is 7.89. The van der Waals surface area contributed by atoms with Crippen LogP contribution >= 0.6 is 0 Å². The number of pyridine rings is 1. The number of hydrogen-bond acceptors (Lipinski definition) is 3. The van der Waals surface area contributed by atoms with Crippen LogP contribution in [0.25, 0.3) is 10.9 Å². The molecule has 1 aromatic heterocycles. The molecule has 2 N–H and O–H groups in total. The summed E-state index contributed by atoms with van der Waals surface area (Å²) < 4.78 is 26.9. The lowest BCUT2D eigenvalue weighted by molar-refractivity contribution is 0.578. The Hall–Kier alpha value is -2.44. The summed E-state index contributed by atoms with van der Waals surface area (Å²) in [4.78, 5) is 15.0. The number of benzene rings is 2. The first-order valence-electron chi connectivity index (χ1n) is 8.57. The van der Waals surface area contributed by atoms with Crippen molar-refractivity contribution in [2.45, 2.75) is 26.3 Å². The first-order valence-corrected chi connectivity index (χ1v) is 10.2. The Morgan fingerprint density at radius 3 is 2.58 bits per heavy atom. The van der Waals surface area contributed by atoms with Crippen LogP contribution < -0.4 is 10.3 Å². The van der Waals surface area contributed by atoms with Crippen molar-refractivity contribution in [3.05, 3.63) is 81.6 Å². The number of aromatic nitrogens is 1. The van der Waals surface area contributed by atoms with Crippen molar-refractivity contribution < 1.29 is 8.42 Å². The number of hydrogen-bond donors (Lipinski definition) is 2. The molecule has 6 heteroatoms. The Kier molecular flexibility index (Phi) is 5.54. The molecule has 0 bridgehead atoms. The lowest BCUT2D eigenvalue weighted by Crippen LogP contribution is -2.29. The summed E-state index contributed by atoms with van der Waals surface area (Å²) in [5.41, 5.74) is 3.07. The van der Waals surface area contributed by atoms with Gasteiger partial charge < -0.3 is 4.98 Å². The summed E-state index contributed by atoms with van der Waals surface area (Å²) in [5, 5.41) is 0.883. The topological polar surface area (TPSA) is 79.0 Å². The maximum absolute atomic E-state index is 12.2. The lowest BCUT2D eigenvalue weighted by atomic mass is 10.1. The molecule has 5 nitrogen and oxygen atoms in total. The Bertz CT molecular complexity index is 1060. The van der Waals surface area contributed by atoms with Gasteiger partial charge in [0.1, 0.15) is 0 Å². The fourth-order valence-corrected chi connectivity index (χ4v) is 3.91. The summed E-state index contributed by atoms with van der Waals surface area (Å²) in [6.07, 6.45) is 1.24. The molecule has 0 aliphatic carbocycles. The van der Waals surface area contributed by atoms with E-state index in [1.54, 1.807) is 6.07 Å². The smallest absolute Gasteiger partial charge is 0.252 e. The number of nitrogens with one attached hydrogen (secondary N) is 2. The van der Waals surface area contributed by atoms with Crippen molar-refractivity contribution >= 4 is 20.9 Å². The molecular weight excluding hydrogens is 348 g/mol. The highest BCUT2D eigenvalue weighted by Crippen LogP contribution is 2.13. The Morgan fingerprint density at radius 2 is 1.81 bits per heavy atom. The second kappa shape index (κ2) is 7.85. The van der Waals surface area contributed by atoms with E-state index in [4.69, 9.17) is 0 Å². The molecular formula is C20H22N2O3S. The minimum atomic E-state index is -3.43. The zero-order valence-electron chi connectivity index (χ0n) is 14.7. The predicted octanol–water partition coefficient (Wildman–Crippen LogP) is 2.89. The van der Waals surface area contributed by atoms with E-state index in [-0.39, 0.29) is 17.9 Å². The minimum absolute atomic E-state index is 0.00712. The van der Waals surface area contributed by atoms with Gasteiger partial charge in [-0.2, -0.15) is 0 Å². The summed E-state index contributed by atoms with van der Waals surface area (Å²) in [6, 6.07) is 17.3. The molecule has 3 rings (SSSR count). The molecule has 2 aromatic carbocycles. The van der Waals surface area contributed by atoms with Crippen molar-refractivity contribution in [1.82, 2.24) is 9.71 Å². The number of aryl methyl sites for hydroxylation is 2. The van der Waals surface area contributed by atoms with Gasteiger partial charge >= 0.3 is 0 Å². The number of H-pyrrole nitrogens is 1. The molecule has 0 aliphatic heterocycles. The van der Waals surface area contributed by atoms with E-state index in [0.29, 0.717) is 18.4 Å². The Labute approximate surface area is 153 Å². The standard InChI is InChI=1S/C20H22N2O3S/c1-15-9-10-17-13-18(20(23)22-19(17)12-15)14-21-26(24,25)11-5-8-16-6-3-2-4-7-16/h2-4,6-7,9-10,12-13,21H,5,8,11,14H2,1H3,(H,22,23). The number of sulfonamides is 1. The van der Waals surface area contributed by atoms with Gasteiger partial charge in [0.25, 0.3) is 5.56 Å². The van der Waals surface area contributed by atoms with Crippen LogP contribution in [-0.2, 0) is 23.0 Å². The van der Waals surface area contributed by atoms with Gasteiger partial charge in [-0.15, -0.1) is 0 Å². The van der Waals surface area contributed by atoms with Gasteiger partial charge in [-0.25, -0.2) is 13.1 Å². The summed E-state index contributed by atoms with van der Waals surface area (Å²) in [5.74, 6) is 0.0343. The molecule has 0 spiro atoms. The van der Waals surface area contributed by atoms with E-state index in [2.05, 4.69) is 9.71 Å². The van der Waals surface area contributed by atoms with E-state index in [9.17, 15) is 13.2 Å². The van der Waals surface area contributed by atoms with Crippen molar-refractivity contribution in [3.63, 3.8) is 0 Å². The molecule has 0 saturated heterocycles. The maximum Gasteiger partial charge on any atom is 0.252 e. The molecule has 136 valence electrons. The fourth-order valence-electron chi connectivity index (χ4n) is 2.86. The van der Waals surface area contributed by atoms with Crippen molar-refractivity contribution in [1.29, 1.82) is 0 Å². The van der Waals surface area contributed by atoms with Crippen molar-refractivity contribution in [2.75, 3.05) is 5.75 Å². The second-order valence-corrected chi connectivity index (χ2v) is 8.37. The zero-order chi connectivity index (χ0) is 18.6. The van der Waals surface area contributed by atoms with Crippen LogP contribution in [0.5, 0.6) is 0 Å². The van der Waals surface area contributed by atoms with Gasteiger partial charge in [0, 0.05) is 17.6 Å². The van der Waals surface area contributed by atoms with Crippen LogP contribution in [-0.4, -0.2) is 19.2 Å². The van der Waals surface area contributed by atoms with Crippen LogP contribution in [0.2, 0.25) is 0 Å². The van der Waals surface area contributed by atoms with Gasteiger partial charge in [-0.3, -0.25) is 4.79 Å². The molecule has 0 atom stereocenters. The number of rotatable bonds is 7. The summed E-state index contributed by atoms with van der Waals surface area (Å²) in [6.45, 7) is 1.95. The van der Waals surface area contributed by atoms with E-state index >= 15 is 0 Å². The first kappa shape index (κ1) is 18.4. The molecule has 3 aromatic rings. The van der Waals surface area contributed by atoms with Gasteiger partial charge in [-0.1, -0.05) is 42.5 Å². The van der Waals surface area contributed by atoms with E-state index in [0.717, 1.165) is 22.0 Å². The highest BCUT2D eigenvalue weighted by Gasteiger charge is 2.12. The molecule has 0 fully saturated rings. The molecule has 0 saturated carbocycles.